The van der Waals surface area contributed by atoms with Crippen LogP contribution in [0, 0.1) is 5.41 Å². The molecule has 0 radical (unpaired) electrons. The van der Waals surface area contributed by atoms with Crippen LogP contribution in [0.5, 0.6) is 0 Å². The normalized spacial score (nSPS) is 16.1. The van der Waals surface area contributed by atoms with Crippen LogP contribution in [0.2, 0.25) is 0 Å². The van der Waals surface area contributed by atoms with Crippen LogP contribution in [0.4, 0.5) is 0 Å². The molecule has 1 rings (SSSR count). The van der Waals surface area contributed by atoms with Crippen molar-refractivity contribution < 1.29 is 9.53 Å². The van der Waals surface area contributed by atoms with Gasteiger partial charge in [-0.15, -0.1) is 0 Å². The van der Waals surface area contributed by atoms with Crippen molar-refractivity contribution in [1.82, 2.24) is 15.5 Å². The molecule has 0 aromatic carbocycles. The Morgan fingerprint density at radius 2 is 2.09 bits per heavy atom. The summed E-state index contributed by atoms with van der Waals surface area (Å²) in [6.45, 7) is 5.53. The molecule has 0 bridgehead atoms. The Kier molecular flexibility index (Phi) is 9.40. The number of aliphatic imine (C=N–C) groups is 1. The van der Waals surface area contributed by atoms with Crippen LogP contribution in [0.1, 0.15) is 26.2 Å². The summed E-state index contributed by atoms with van der Waals surface area (Å²) >= 11 is 1.79. The summed E-state index contributed by atoms with van der Waals surface area (Å²) in [6, 6.07) is 0. The fourth-order valence-corrected chi connectivity index (χ4v) is 2.44. The molecule has 0 heterocycles. The number of carbonyl (C=O) groups is 1. The molecule has 1 aliphatic carbocycles. The van der Waals surface area contributed by atoms with Crippen LogP contribution in [-0.2, 0) is 9.53 Å². The summed E-state index contributed by atoms with van der Waals surface area (Å²) in [5.41, 5.74) is 0.350. The number of ether oxygens (including phenoxy) is 1. The lowest BCUT2D eigenvalue weighted by Crippen LogP contribution is -2.42. The summed E-state index contributed by atoms with van der Waals surface area (Å²) in [5, 5.41) is 6.70. The van der Waals surface area contributed by atoms with E-state index in [1.165, 1.54) is 12.8 Å². The van der Waals surface area contributed by atoms with Crippen molar-refractivity contribution in [1.29, 1.82) is 0 Å². The second-order valence-electron chi connectivity index (χ2n) is 6.17. The zero-order valence-corrected chi connectivity index (χ0v) is 15.8. The van der Waals surface area contributed by atoms with E-state index < -0.39 is 0 Å². The van der Waals surface area contributed by atoms with E-state index in [1.54, 1.807) is 30.8 Å². The minimum Gasteiger partial charge on any atom is -0.382 e. The first-order valence-electron chi connectivity index (χ1n) is 8.32. The molecule has 7 heteroatoms. The number of rotatable bonds is 11. The Morgan fingerprint density at radius 3 is 2.65 bits per heavy atom. The van der Waals surface area contributed by atoms with Gasteiger partial charge in [-0.1, -0.05) is 0 Å². The molecule has 1 amide bonds. The van der Waals surface area contributed by atoms with E-state index in [0.29, 0.717) is 5.41 Å². The van der Waals surface area contributed by atoms with Crippen molar-refractivity contribution in [3.63, 3.8) is 0 Å². The third kappa shape index (κ3) is 8.46. The van der Waals surface area contributed by atoms with Crippen LogP contribution >= 0.6 is 11.8 Å². The minimum atomic E-state index is 0.00782. The molecule has 2 N–H and O–H groups in total. The van der Waals surface area contributed by atoms with Crippen molar-refractivity contribution in [3.8, 4) is 0 Å². The molecule has 1 aliphatic rings. The van der Waals surface area contributed by atoms with E-state index in [2.05, 4.69) is 21.9 Å². The first kappa shape index (κ1) is 20.1. The van der Waals surface area contributed by atoms with Gasteiger partial charge in [-0.05, 0) is 37.9 Å². The predicted molar refractivity (Wildman–Crippen MR) is 98.2 cm³/mol. The first-order chi connectivity index (χ1) is 11.0. The number of likely N-dealkylation sites (N-methyl/N-ethyl adjacent to an activating group) is 1. The Morgan fingerprint density at radius 1 is 1.35 bits per heavy atom. The molecular formula is C16H32N4O2S. The van der Waals surface area contributed by atoms with Gasteiger partial charge in [0, 0.05) is 46.2 Å². The van der Waals surface area contributed by atoms with Crippen molar-refractivity contribution in [3.05, 3.63) is 0 Å². The molecule has 0 aliphatic heterocycles. The molecule has 134 valence electrons. The van der Waals surface area contributed by atoms with E-state index >= 15 is 0 Å². The maximum absolute atomic E-state index is 11.7. The molecule has 0 aromatic rings. The van der Waals surface area contributed by atoms with E-state index in [1.807, 2.05) is 6.92 Å². The van der Waals surface area contributed by atoms with Gasteiger partial charge in [0.25, 0.3) is 0 Å². The minimum absolute atomic E-state index is 0.00782. The van der Waals surface area contributed by atoms with Gasteiger partial charge >= 0.3 is 0 Å². The Hall–Kier alpha value is -0.950. The molecule has 6 nitrogen and oxygen atoms in total. The zero-order valence-electron chi connectivity index (χ0n) is 15.0. The molecule has 0 saturated heterocycles. The van der Waals surface area contributed by atoms with E-state index in [4.69, 9.17) is 4.74 Å². The molecule has 0 atom stereocenters. The fourth-order valence-electron chi connectivity index (χ4n) is 2.13. The average molecular weight is 345 g/mol. The third-order valence-corrected chi connectivity index (χ3v) is 4.65. The Labute approximate surface area is 144 Å². The van der Waals surface area contributed by atoms with E-state index in [-0.39, 0.29) is 12.5 Å². The summed E-state index contributed by atoms with van der Waals surface area (Å²) in [4.78, 5) is 17.7. The van der Waals surface area contributed by atoms with Gasteiger partial charge in [0.1, 0.15) is 6.54 Å². The topological polar surface area (TPSA) is 66.0 Å². The highest BCUT2D eigenvalue weighted by Gasteiger charge is 2.41. The monoisotopic (exact) mass is 344 g/mol. The van der Waals surface area contributed by atoms with Crippen LogP contribution < -0.4 is 10.6 Å². The number of nitrogens with one attached hydrogen (secondary N) is 2. The largest absolute Gasteiger partial charge is 0.382 e. The lowest BCUT2D eigenvalue weighted by Gasteiger charge is -2.19. The summed E-state index contributed by atoms with van der Waals surface area (Å²) < 4.78 is 5.47. The number of carbonyl (C=O) groups excluding carboxylic acids is 1. The number of hydrogen-bond acceptors (Lipinski definition) is 4. The van der Waals surface area contributed by atoms with E-state index in [9.17, 15) is 4.79 Å². The number of amides is 1. The summed E-state index contributed by atoms with van der Waals surface area (Å²) in [6.07, 6.45) is 5.64. The Bertz CT molecular complexity index is 384. The highest BCUT2D eigenvalue weighted by atomic mass is 32.2. The quantitative estimate of drug-likeness (QED) is 0.335. The molecule has 0 aromatic heterocycles. The Balaban J connectivity index is 2.45. The lowest BCUT2D eigenvalue weighted by atomic mass is 10.0. The summed E-state index contributed by atoms with van der Waals surface area (Å²) in [7, 11) is 3.50. The van der Waals surface area contributed by atoms with Crippen LogP contribution in [0.15, 0.2) is 4.99 Å². The molecule has 1 fully saturated rings. The zero-order chi connectivity index (χ0) is 17.1. The van der Waals surface area contributed by atoms with Gasteiger partial charge in [-0.2, -0.15) is 11.8 Å². The van der Waals surface area contributed by atoms with Gasteiger partial charge in [-0.3, -0.25) is 4.79 Å². The maximum Gasteiger partial charge on any atom is 0.243 e. The molecule has 1 saturated carbocycles. The smallest absolute Gasteiger partial charge is 0.243 e. The second kappa shape index (κ2) is 10.8. The first-order valence-corrected chi connectivity index (χ1v) is 9.71. The SMILES string of the molecule is CCOCCC1(CNC(=NCC(=O)N(C)C)NCCSC)CC1. The molecule has 0 spiro atoms. The van der Waals surface area contributed by atoms with Gasteiger partial charge in [0.05, 0.1) is 0 Å². The fraction of sp³-hybridized carbons (Fsp3) is 0.875. The van der Waals surface area contributed by atoms with Crippen molar-refractivity contribution in [2.45, 2.75) is 26.2 Å². The standard InChI is InChI=1S/C16H32N4O2S/c1-5-22-10-8-16(6-7-16)13-19-15(17-9-11-23-4)18-12-14(21)20(2)3/h5-13H2,1-4H3,(H2,17,18,19). The summed E-state index contributed by atoms with van der Waals surface area (Å²) in [5.74, 6) is 1.75. The van der Waals surface area contributed by atoms with Crippen molar-refractivity contribution in [2.24, 2.45) is 10.4 Å². The molecular weight excluding hydrogens is 312 g/mol. The average Bonchev–Trinajstić information content (AvgIpc) is 3.29. The predicted octanol–water partition coefficient (Wildman–Crippen LogP) is 1.18. The lowest BCUT2D eigenvalue weighted by molar-refractivity contribution is -0.127. The van der Waals surface area contributed by atoms with Crippen LogP contribution in [0.3, 0.4) is 0 Å². The number of guanidine groups is 1. The van der Waals surface area contributed by atoms with Gasteiger partial charge in [0.2, 0.25) is 5.91 Å². The maximum atomic E-state index is 11.7. The number of nitrogens with zero attached hydrogens (tertiary/aromatic N) is 2. The van der Waals surface area contributed by atoms with E-state index in [0.717, 1.165) is 44.4 Å². The number of hydrogen-bond donors (Lipinski definition) is 2. The highest BCUT2D eigenvalue weighted by molar-refractivity contribution is 7.98. The molecule has 0 unspecified atom stereocenters. The van der Waals surface area contributed by atoms with Gasteiger partial charge in [0.15, 0.2) is 5.96 Å². The van der Waals surface area contributed by atoms with Gasteiger partial charge < -0.3 is 20.3 Å². The van der Waals surface area contributed by atoms with Crippen molar-refractivity contribution >= 4 is 23.6 Å². The highest BCUT2D eigenvalue weighted by Crippen LogP contribution is 2.48. The van der Waals surface area contributed by atoms with Crippen molar-refractivity contribution in [2.75, 3.05) is 59.0 Å². The van der Waals surface area contributed by atoms with Gasteiger partial charge in [-0.25, -0.2) is 4.99 Å². The second-order valence-corrected chi connectivity index (χ2v) is 7.16. The molecule has 23 heavy (non-hydrogen) atoms. The third-order valence-electron chi connectivity index (χ3n) is 4.04. The van der Waals surface area contributed by atoms with Crippen LogP contribution in [0.25, 0.3) is 0 Å². The van der Waals surface area contributed by atoms with Crippen LogP contribution in [-0.4, -0.2) is 75.7 Å². The number of thioether (sulfide) groups is 1.